The van der Waals surface area contributed by atoms with Crippen LogP contribution in [0.4, 0.5) is 5.69 Å². The van der Waals surface area contributed by atoms with Crippen molar-refractivity contribution in [3.63, 3.8) is 0 Å². The van der Waals surface area contributed by atoms with Gasteiger partial charge >= 0.3 is 0 Å². The molecule has 6 nitrogen and oxygen atoms in total. The van der Waals surface area contributed by atoms with E-state index in [1.54, 1.807) is 24.3 Å². The summed E-state index contributed by atoms with van der Waals surface area (Å²) in [4.78, 5) is 25.6. The third-order valence-electron chi connectivity index (χ3n) is 3.72. The molecule has 0 radical (unpaired) electrons. The van der Waals surface area contributed by atoms with E-state index < -0.39 is 0 Å². The molecule has 1 fully saturated rings. The number of amides is 2. The van der Waals surface area contributed by atoms with E-state index in [9.17, 15) is 9.59 Å². The van der Waals surface area contributed by atoms with Crippen LogP contribution >= 0.6 is 0 Å². The van der Waals surface area contributed by atoms with Crippen molar-refractivity contribution in [2.24, 2.45) is 0 Å². The van der Waals surface area contributed by atoms with Crippen LogP contribution in [0.25, 0.3) is 0 Å². The number of anilines is 1. The zero-order valence-corrected chi connectivity index (χ0v) is 13.1. The number of hydrogen-bond acceptors (Lipinski definition) is 4. The molecule has 6 heteroatoms. The Labute approximate surface area is 136 Å². The molecule has 1 saturated heterocycles. The smallest absolute Gasteiger partial charge is 0.250 e. The number of nitrogens with one attached hydrogen (secondary N) is 1. The van der Waals surface area contributed by atoms with E-state index in [2.05, 4.69) is 5.32 Å². The number of carbonyl (C=O) groups is 2. The van der Waals surface area contributed by atoms with Gasteiger partial charge in [-0.15, -0.1) is 0 Å². The first-order valence-electron chi connectivity index (χ1n) is 7.84. The third-order valence-corrected chi connectivity index (χ3v) is 3.72. The van der Waals surface area contributed by atoms with Gasteiger partial charge in [0.2, 0.25) is 11.8 Å². The zero-order chi connectivity index (χ0) is 16.5. The fourth-order valence-electron chi connectivity index (χ4n) is 2.47. The minimum absolute atomic E-state index is 0.0573. The summed E-state index contributed by atoms with van der Waals surface area (Å²) in [6.07, 6.45) is 4.39. The van der Waals surface area contributed by atoms with Crippen molar-refractivity contribution in [1.29, 1.82) is 5.26 Å². The Morgan fingerprint density at radius 1 is 1.09 bits per heavy atom. The third kappa shape index (κ3) is 5.72. The van der Waals surface area contributed by atoms with Gasteiger partial charge in [0.25, 0.3) is 0 Å². The Hall–Kier alpha value is -2.39. The summed E-state index contributed by atoms with van der Waals surface area (Å²) < 4.78 is 5.21. The van der Waals surface area contributed by atoms with Gasteiger partial charge in [0, 0.05) is 18.8 Å². The Kier molecular flexibility index (Phi) is 6.57. The van der Waals surface area contributed by atoms with Gasteiger partial charge in [0.1, 0.15) is 13.2 Å². The first-order valence-corrected chi connectivity index (χ1v) is 7.84. The van der Waals surface area contributed by atoms with Crippen molar-refractivity contribution in [2.75, 3.05) is 31.6 Å². The monoisotopic (exact) mass is 315 g/mol. The van der Waals surface area contributed by atoms with Gasteiger partial charge in [-0.3, -0.25) is 9.59 Å². The van der Waals surface area contributed by atoms with Crippen LogP contribution in [0, 0.1) is 11.3 Å². The molecule has 0 aliphatic carbocycles. The first kappa shape index (κ1) is 17.0. The highest BCUT2D eigenvalue weighted by Gasteiger charge is 2.15. The number of nitriles is 1. The minimum Gasteiger partial charge on any atom is -0.362 e. The molecule has 122 valence electrons. The largest absolute Gasteiger partial charge is 0.362 e. The number of ether oxygens (including phenoxy) is 1. The summed E-state index contributed by atoms with van der Waals surface area (Å²) in [5, 5.41) is 11.4. The highest BCUT2D eigenvalue weighted by Crippen LogP contribution is 2.10. The molecule has 1 aromatic rings. The molecule has 0 saturated carbocycles. The second-order valence-electron chi connectivity index (χ2n) is 5.53. The summed E-state index contributed by atoms with van der Waals surface area (Å²) in [5.41, 5.74) is 1.12. The molecule has 1 heterocycles. The lowest BCUT2D eigenvalue weighted by Gasteiger charge is -2.20. The number of nitrogens with zero attached hydrogens (tertiary/aromatic N) is 2. The predicted octanol–water partition coefficient (Wildman–Crippen LogP) is 1.92. The lowest BCUT2D eigenvalue weighted by atomic mass is 10.2. The van der Waals surface area contributed by atoms with Gasteiger partial charge in [-0.1, -0.05) is 12.8 Å². The van der Waals surface area contributed by atoms with Gasteiger partial charge in [0.05, 0.1) is 11.6 Å². The molecular formula is C17H21N3O3. The van der Waals surface area contributed by atoms with Crippen molar-refractivity contribution < 1.29 is 14.3 Å². The fraction of sp³-hybridized carbons (Fsp3) is 0.471. The van der Waals surface area contributed by atoms with Crippen LogP contribution in [0.5, 0.6) is 0 Å². The Balaban J connectivity index is 1.69. The molecule has 0 bridgehead atoms. The Morgan fingerprint density at radius 3 is 2.35 bits per heavy atom. The molecule has 0 spiro atoms. The molecule has 1 aliphatic heterocycles. The summed E-state index contributed by atoms with van der Waals surface area (Å²) in [6, 6.07) is 8.56. The SMILES string of the molecule is N#Cc1ccc(NC(=O)COCC(=O)N2CCCCCC2)cc1. The number of likely N-dealkylation sites (tertiary alicyclic amines) is 1. The van der Waals surface area contributed by atoms with E-state index in [-0.39, 0.29) is 25.0 Å². The lowest BCUT2D eigenvalue weighted by Crippen LogP contribution is -2.35. The highest BCUT2D eigenvalue weighted by atomic mass is 16.5. The maximum absolute atomic E-state index is 12.0. The first-order chi connectivity index (χ1) is 11.2. The normalized spacial score (nSPS) is 14.7. The number of carbonyl (C=O) groups excluding carboxylic acids is 2. The van der Waals surface area contributed by atoms with Crippen molar-refractivity contribution in [3.8, 4) is 6.07 Å². The van der Waals surface area contributed by atoms with Crippen LogP contribution in [0.15, 0.2) is 24.3 Å². The van der Waals surface area contributed by atoms with Crippen molar-refractivity contribution in [3.05, 3.63) is 29.8 Å². The van der Waals surface area contributed by atoms with E-state index >= 15 is 0 Å². The Morgan fingerprint density at radius 2 is 1.74 bits per heavy atom. The number of rotatable bonds is 5. The fourth-order valence-corrected chi connectivity index (χ4v) is 2.47. The quantitative estimate of drug-likeness (QED) is 0.900. The zero-order valence-electron chi connectivity index (χ0n) is 13.1. The van der Waals surface area contributed by atoms with Gasteiger partial charge in [-0.25, -0.2) is 0 Å². The maximum Gasteiger partial charge on any atom is 0.250 e. The van der Waals surface area contributed by atoms with Gasteiger partial charge in [-0.05, 0) is 37.1 Å². The minimum atomic E-state index is -0.321. The van der Waals surface area contributed by atoms with Crippen molar-refractivity contribution in [2.45, 2.75) is 25.7 Å². The molecule has 0 aromatic heterocycles. The van der Waals surface area contributed by atoms with Crippen LogP contribution in [0.2, 0.25) is 0 Å². The van der Waals surface area contributed by atoms with Crippen LogP contribution in [0.1, 0.15) is 31.2 Å². The maximum atomic E-state index is 12.0. The van der Waals surface area contributed by atoms with Crippen molar-refractivity contribution in [1.82, 2.24) is 4.90 Å². The van der Waals surface area contributed by atoms with Crippen LogP contribution < -0.4 is 5.32 Å². The van der Waals surface area contributed by atoms with E-state index in [4.69, 9.17) is 10.00 Å². The molecule has 23 heavy (non-hydrogen) atoms. The van der Waals surface area contributed by atoms with E-state index in [0.717, 1.165) is 38.8 Å². The molecule has 2 rings (SSSR count). The van der Waals surface area contributed by atoms with E-state index in [1.165, 1.54) is 0 Å². The summed E-state index contributed by atoms with van der Waals surface area (Å²) in [7, 11) is 0. The van der Waals surface area contributed by atoms with Crippen molar-refractivity contribution >= 4 is 17.5 Å². The summed E-state index contributed by atoms with van der Waals surface area (Å²) in [6.45, 7) is 1.32. The van der Waals surface area contributed by atoms with Gasteiger partial charge < -0.3 is 15.0 Å². The summed E-state index contributed by atoms with van der Waals surface area (Å²) >= 11 is 0. The van der Waals surface area contributed by atoms with Crippen LogP contribution in [0.3, 0.4) is 0 Å². The Bertz CT molecular complexity index is 570. The molecule has 1 aliphatic rings. The second kappa shape index (κ2) is 8.91. The molecule has 1 N–H and O–H groups in total. The highest BCUT2D eigenvalue weighted by molar-refractivity contribution is 5.91. The van der Waals surface area contributed by atoms with Gasteiger partial charge in [-0.2, -0.15) is 5.26 Å². The van der Waals surface area contributed by atoms with Gasteiger partial charge in [0.15, 0.2) is 0 Å². The number of benzene rings is 1. The molecular weight excluding hydrogens is 294 g/mol. The average Bonchev–Trinajstić information content (AvgIpc) is 2.85. The molecule has 2 amide bonds. The van der Waals surface area contributed by atoms with E-state index in [1.807, 2.05) is 11.0 Å². The van der Waals surface area contributed by atoms with Crippen LogP contribution in [-0.4, -0.2) is 43.0 Å². The van der Waals surface area contributed by atoms with E-state index in [0.29, 0.717) is 11.3 Å². The predicted molar refractivity (Wildman–Crippen MR) is 85.7 cm³/mol. The molecule has 0 unspecified atom stereocenters. The topological polar surface area (TPSA) is 82.4 Å². The van der Waals surface area contributed by atoms with Crippen LogP contribution in [-0.2, 0) is 14.3 Å². The second-order valence-corrected chi connectivity index (χ2v) is 5.53. The standard InChI is InChI=1S/C17H21N3O3/c18-11-14-5-7-15(8-6-14)19-16(21)12-23-13-17(22)20-9-3-1-2-4-10-20/h5-8H,1-4,9-10,12-13H2,(H,19,21). The average molecular weight is 315 g/mol. The lowest BCUT2D eigenvalue weighted by molar-refractivity contribution is -0.137. The molecule has 1 aromatic carbocycles. The number of hydrogen-bond donors (Lipinski definition) is 1. The summed E-state index contributed by atoms with van der Waals surface area (Å²) in [5.74, 6) is -0.378. The molecule has 0 atom stereocenters.